The van der Waals surface area contributed by atoms with Crippen molar-refractivity contribution in [2.75, 3.05) is 46.5 Å². The number of rotatable bonds is 6. The van der Waals surface area contributed by atoms with E-state index in [0.717, 1.165) is 38.5 Å². The highest BCUT2D eigenvalue weighted by Gasteiger charge is 2.16. The summed E-state index contributed by atoms with van der Waals surface area (Å²) in [5.41, 5.74) is 1.20. The van der Waals surface area contributed by atoms with Crippen LogP contribution in [0.5, 0.6) is 5.75 Å². The third-order valence-corrected chi connectivity index (χ3v) is 3.51. The Balaban J connectivity index is 1.65. The zero-order valence-corrected chi connectivity index (χ0v) is 12.0. The highest BCUT2D eigenvalue weighted by atomic mass is 16.5. The molecule has 1 saturated heterocycles. The van der Waals surface area contributed by atoms with Crippen LogP contribution in [-0.2, 0) is 16.0 Å². The van der Waals surface area contributed by atoms with E-state index in [1.54, 1.807) is 7.11 Å². The standard InChI is InChI=1S/C15H22N2O3/c1-19-14-4-2-13(3-5-14)6-7-16-15(18)12-17-8-10-20-11-9-17/h2-5H,6-12H2,1H3,(H,16,18)/p+1. The monoisotopic (exact) mass is 279 g/mol. The van der Waals surface area contributed by atoms with Crippen molar-refractivity contribution in [1.82, 2.24) is 5.32 Å². The van der Waals surface area contributed by atoms with Crippen molar-refractivity contribution in [3.63, 3.8) is 0 Å². The molecule has 110 valence electrons. The molecule has 1 aromatic rings. The molecule has 0 spiro atoms. The Morgan fingerprint density at radius 1 is 1.30 bits per heavy atom. The molecule has 0 aliphatic carbocycles. The maximum absolute atomic E-state index is 11.8. The van der Waals surface area contributed by atoms with Gasteiger partial charge in [-0.25, -0.2) is 0 Å². The van der Waals surface area contributed by atoms with Crippen molar-refractivity contribution in [3.8, 4) is 5.75 Å². The van der Waals surface area contributed by atoms with Crippen LogP contribution in [0.2, 0.25) is 0 Å². The molecule has 1 aliphatic rings. The van der Waals surface area contributed by atoms with E-state index in [2.05, 4.69) is 5.32 Å². The van der Waals surface area contributed by atoms with Gasteiger partial charge < -0.3 is 19.7 Å². The van der Waals surface area contributed by atoms with E-state index in [4.69, 9.17) is 9.47 Å². The van der Waals surface area contributed by atoms with Crippen molar-refractivity contribution in [1.29, 1.82) is 0 Å². The molecular weight excluding hydrogens is 256 g/mol. The van der Waals surface area contributed by atoms with Gasteiger partial charge in [0.1, 0.15) is 18.8 Å². The maximum atomic E-state index is 11.8. The van der Waals surface area contributed by atoms with Crippen molar-refractivity contribution in [3.05, 3.63) is 29.8 Å². The van der Waals surface area contributed by atoms with Crippen LogP contribution in [0.3, 0.4) is 0 Å². The number of methoxy groups -OCH3 is 1. The lowest BCUT2D eigenvalue weighted by molar-refractivity contribution is -0.900. The molecule has 1 amide bonds. The first-order chi connectivity index (χ1) is 9.78. The summed E-state index contributed by atoms with van der Waals surface area (Å²) < 4.78 is 10.4. The minimum atomic E-state index is 0.121. The van der Waals surface area contributed by atoms with E-state index in [9.17, 15) is 4.79 Å². The van der Waals surface area contributed by atoms with E-state index in [1.807, 2.05) is 24.3 Å². The molecule has 0 aromatic heterocycles. The summed E-state index contributed by atoms with van der Waals surface area (Å²) >= 11 is 0. The Morgan fingerprint density at radius 2 is 2.00 bits per heavy atom. The molecule has 0 atom stereocenters. The van der Waals surface area contributed by atoms with Gasteiger partial charge >= 0.3 is 0 Å². The first-order valence-corrected chi connectivity index (χ1v) is 7.09. The molecule has 0 unspecified atom stereocenters. The zero-order valence-electron chi connectivity index (χ0n) is 12.0. The summed E-state index contributed by atoms with van der Waals surface area (Å²) in [4.78, 5) is 13.1. The SMILES string of the molecule is COc1ccc(CCNC(=O)C[NH+]2CCOCC2)cc1. The van der Waals surface area contributed by atoms with Crippen LogP contribution in [0, 0.1) is 0 Å². The number of benzene rings is 1. The first-order valence-electron chi connectivity index (χ1n) is 7.09. The second-order valence-electron chi connectivity index (χ2n) is 4.99. The van der Waals surface area contributed by atoms with Crippen molar-refractivity contribution >= 4 is 5.91 Å². The zero-order chi connectivity index (χ0) is 14.2. The van der Waals surface area contributed by atoms with Crippen LogP contribution in [0.25, 0.3) is 0 Å². The highest BCUT2D eigenvalue weighted by Crippen LogP contribution is 2.11. The van der Waals surface area contributed by atoms with Gasteiger partial charge in [0, 0.05) is 6.54 Å². The molecule has 1 aromatic carbocycles. The van der Waals surface area contributed by atoms with Crippen LogP contribution in [0.1, 0.15) is 5.56 Å². The number of morpholine rings is 1. The van der Waals surface area contributed by atoms with Crippen LogP contribution in [0.4, 0.5) is 0 Å². The summed E-state index contributed by atoms with van der Waals surface area (Å²) in [6.45, 7) is 4.58. The molecule has 2 rings (SSSR count). The summed E-state index contributed by atoms with van der Waals surface area (Å²) in [5.74, 6) is 0.976. The fraction of sp³-hybridized carbons (Fsp3) is 0.533. The summed E-state index contributed by atoms with van der Waals surface area (Å²) in [6, 6.07) is 7.93. The van der Waals surface area contributed by atoms with Crippen LogP contribution < -0.4 is 15.0 Å². The molecule has 0 bridgehead atoms. The van der Waals surface area contributed by atoms with Gasteiger partial charge in [-0.1, -0.05) is 12.1 Å². The number of hydrogen-bond acceptors (Lipinski definition) is 3. The number of hydrogen-bond donors (Lipinski definition) is 2. The molecule has 20 heavy (non-hydrogen) atoms. The molecule has 5 heteroatoms. The minimum Gasteiger partial charge on any atom is -0.497 e. The lowest BCUT2D eigenvalue weighted by atomic mass is 10.1. The Morgan fingerprint density at radius 3 is 2.65 bits per heavy atom. The molecule has 0 saturated carbocycles. The summed E-state index contributed by atoms with van der Waals surface area (Å²) in [7, 11) is 1.66. The molecule has 5 nitrogen and oxygen atoms in total. The van der Waals surface area contributed by atoms with Crippen molar-refractivity contribution in [2.45, 2.75) is 6.42 Å². The summed E-state index contributed by atoms with van der Waals surface area (Å²) in [6.07, 6.45) is 0.841. The molecule has 1 fully saturated rings. The largest absolute Gasteiger partial charge is 0.497 e. The molecular formula is C15H23N2O3+. The first kappa shape index (κ1) is 14.8. The van der Waals surface area contributed by atoms with Crippen LogP contribution in [-0.4, -0.2) is 52.4 Å². The number of ether oxygens (including phenoxy) is 2. The number of carbonyl (C=O) groups is 1. The molecule has 1 heterocycles. The van der Waals surface area contributed by atoms with Gasteiger partial charge in [0.2, 0.25) is 0 Å². The topological polar surface area (TPSA) is 52.0 Å². The van der Waals surface area contributed by atoms with Crippen LogP contribution in [0.15, 0.2) is 24.3 Å². The Hall–Kier alpha value is -1.59. The van der Waals surface area contributed by atoms with E-state index >= 15 is 0 Å². The van der Waals surface area contributed by atoms with Gasteiger partial charge in [-0.05, 0) is 24.1 Å². The van der Waals surface area contributed by atoms with E-state index in [1.165, 1.54) is 10.5 Å². The second-order valence-corrected chi connectivity index (χ2v) is 4.99. The predicted octanol–water partition coefficient (Wildman–Crippen LogP) is -0.731. The lowest BCUT2D eigenvalue weighted by Gasteiger charge is -2.23. The van der Waals surface area contributed by atoms with E-state index in [-0.39, 0.29) is 5.91 Å². The second kappa shape index (κ2) is 7.87. The number of nitrogens with one attached hydrogen (secondary N) is 2. The lowest BCUT2D eigenvalue weighted by Crippen LogP contribution is -3.15. The van der Waals surface area contributed by atoms with Gasteiger partial charge in [-0.3, -0.25) is 4.79 Å². The Bertz CT molecular complexity index is 414. The third kappa shape index (κ3) is 4.83. The quantitative estimate of drug-likeness (QED) is 0.722. The Labute approximate surface area is 119 Å². The predicted molar refractivity (Wildman–Crippen MR) is 76.1 cm³/mol. The number of quaternary nitrogens is 1. The number of carbonyl (C=O) groups excluding carboxylic acids is 1. The fourth-order valence-electron chi connectivity index (χ4n) is 2.26. The van der Waals surface area contributed by atoms with Crippen molar-refractivity contribution in [2.24, 2.45) is 0 Å². The minimum absolute atomic E-state index is 0.121. The van der Waals surface area contributed by atoms with Gasteiger partial charge in [-0.15, -0.1) is 0 Å². The average Bonchev–Trinajstić information content (AvgIpc) is 2.49. The molecule has 2 N–H and O–H groups in total. The highest BCUT2D eigenvalue weighted by molar-refractivity contribution is 5.76. The van der Waals surface area contributed by atoms with E-state index in [0.29, 0.717) is 13.1 Å². The normalized spacial score (nSPS) is 15.8. The molecule has 1 aliphatic heterocycles. The van der Waals surface area contributed by atoms with Gasteiger partial charge in [0.15, 0.2) is 6.54 Å². The Kier molecular flexibility index (Phi) is 5.83. The van der Waals surface area contributed by atoms with Gasteiger partial charge in [0.25, 0.3) is 5.91 Å². The van der Waals surface area contributed by atoms with Gasteiger partial charge in [-0.2, -0.15) is 0 Å². The van der Waals surface area contributed by atoms with Crippen LogP contribution >= 0.6 is 0 Å². The third-order valence-electron chi connectivity index (χ3n) is 3.51. The smallest absolute Gasteiger partial charge is 0.275 e. The van der Waals surface area contributed by atoms with Crippen molar-refractivity contribution < 1.29 is 19.2 Å². The summed E-state index contributed by atoms with van der Waals surface area (Å²) in [5, 5.41) is 2.98. The average molecular weight is 279 g/mol. The molecule has 0 radical (unpaired) electrons. The number of amides is 1. The van der Waals surface area contributed by atoms with E-state index < -0.39 is 0 Å². The van der Waals surface area contributed by atoms with Gasteiger partial charge in [0.05, 0.1) is 20.3 Å². The maximum Gasteiger partial charge on any atom is 0.275 e. The fourth-order valence-corrected chi connectivity index (χ4v) is 2.26.